The molecule has 6 heteroatoms. The summed E-state index contributed by atoms with van der Waals surface area (Å²) in [6.07, 6.45) is 0. The second-order valence-electron chi connectivity index (χ2n) is 4.13. The smallest absolute Gasteiger partial charge is 0.269 e. The van der Waals surface area contributed by atoms with E-state index >= 15 is 0 Å². The number of rotatable bonds is 5. The molecule has 0 saturated heterocycles. The van der Waals surface area contributed by atoms with Crippen molar-refractivity contribution in [1.29, 1.82) is 0 Å². The van der Waals surface area contributed by atoms with E-state index in [0.717, 1.165) is 10.5 Å². The average Bonchev–Trinajstić information content (AvgIpc) is 2.46. The Morgan fingerprint density at radius 3 is 2.80 bits per heavy atom. The van der Waals surface area contributed by atoms with Gasteiger partial charge in [-0.3, -0.25) is 10.1 Å². The van der Waals surface area contributed by atoms with Crippen LogP contribution in [0.5, 0.6) is 5.75 Å². The predicted octanol–water partition coefficient (Wildman–Crippen LogP) is 3.48. The molecule has 0 aliphatic rings. The fraction of sp³-hybridized carbons (Fsp3) is 0.143. The Labute approximate surface area is 120 Å². The standard InChI is InChI=1S/C14H14N2O3S/c1-19-13-8-11(15)5-6-14(13)20-9-10-3-2-4-12(7-10)16(17)18/h2-8H,9,15H2,1H3. The van der Waals surface area contributed by atoms with E-state index in [0.29, 0.717) is 17.2 Å². The zero-order valence-corrected chi connectivity index (χ0v) is 11.7. The van der Waals surface area contributed by atoms with Gasteiger partial charge in [0.05, 0.1) is 12.0 Å². The summed E-state index contributed by atoms with van der Waals surface area (Å²) in [5.41, 5.74) is 7.34. The lowest BCUT2D eigenvalue weighted by Crippen LogP contribution is -1.91. The molecule has 2 rings (SSSR count). The second kappa shape index (κ2) is 6.29. The van der Waals surface area contributed by atoms with Crippen LogP contribution in [0, 0.1) is 10.1 Å². The van der Waals surface area contributed by atoms with Crippen molar-refractivity contribution in [2.75, 3.05) is 12.8 Å². The number of nitrogens with two attached hydrogens (primary N) is 1. The molecule has 20 heavy (non-hydrogen) atoms. The average molecular weight is 290 g/mol. The van der Waals surface area contributed by atoms with Gasteiger partial charge in [-0.05, 0) is 17.7 Å². The number of hydrogen-bond donors (Lipinski definition) is 1. The maximum atomic E-state index is 10.7. The fourth-order valence-corrected chi connectivity index (χ4v) is 2.67. The van der Waals surface area contributed by atoms with Crippen molar-refractivity contribution < 1.29 is 9.66 Å². The highest BCUT2D eigenvalue weighted by Crippen LogP contribution is 2.33. The van der Waals surface area contributed by atoms with Crippen molar-refractivity contribution in [3.63, 3.8) is 0 Å². The van der Waals surface area contributed by atoms with Gasteiger partial charge in [0, 0.05) is 34.5 Å². The lowest BCUT2D eigenvalue weighted by Gasteiger charge is -2.08. The van der Waals surface area contributed by atoms with Gasteiger partial charge in [0.15, 0.2) is 0 Å². The summed E-state index contributed by atoms with van der Waals surface area (Å²) in [6, 6.07) is 12.1. The van der Waals surface area contributed by atoms with E-state index in [9.17, 15) is 10.1 Å². The first-order chi connectivity index (χ1) is 9.60. The Bertz CT molecular complexity index is 632. The SMILES string of the molecule is COc1cc(N)ccc1SCc1cccc([N+](=O)[O-])c1. The molecule has 0 fully saturated rings. The normalized spacial score (nSPS) is 10.2. The maximum Gasteiger partial charge on any atom is 0.269 e. The maximum absolute atomic E-state index is 10.7. The zero-order valence-electron chi connectivity index (χ0n) is 10.9. The summed E-state index contributed by atoms with van der Waals surface area (Å²) < 4.78 is 5.27. The largest absolute Gasteiger partial charge is 0.496 e. The first kappa shape index (κ1) is 14.2. The van der Waals surface area contributed by atoms with Gasteiger partial charge in [-0.25, -0.2) is 0 Å². The third-order valence-electron chi connectivity index (χ3n) is 2.70. The molecule has 5 nitrogen and oxygen atoms in total. The molecule has 0 atom stereocenters. The van der Waals surface area contributed by atoms with Crippen LogP contribution < -0.4 is 10.5 Å². The first-order valence-electron chi connectivity index (χ1n) is 5.90. The van der Waals surface area contributed by atoms with E-state index < -0.39 is 4.92 Å². The van der Waals surface area contributed by atoms with Crippen molar-refractivity contribution >= 4 is 23.1 Å². The van der Waals surface area contributed by atoms with Gasteiger partial charge < -0.3 is 10.5 Å². The number of ether oxygens (including phenoxy) is 1. The number of hydrogen-bond acceptors (Lipinski definition) is 5. The molecule has 2 aromatic rings. The first-order valence-corrected chi connectivity index (χ1v) is 6.88. The Kier molecular flexibility index (Phi) is 4.47. The van der Waals surface area contributed by atoms with Gasteiger partial charge in [-0.2, -0.15) is 0 Å². The van der Waals surface area contributed by atoms with Crippen molar-refractivity contribution in [3.8, 4) is 5.75 Å². The molecule has 0 heterocycles. The summed E-state index contributed by atoms with van der Waals surface area (Å²) in [4.78, 5) is 11.3. The van der Waals surface area contributed by atoms with Gasteiger partial charge in [0.25, 0.3) is 5.69 Å². The number of nitrogen functional groups attached to an aromatic ring is 1. The van der Waals surface area contributed by atoms with Gasteiger partial charge in [-0.1, -0.05) is 12.1 Å². The van der Waals surface area contributed by atoms with Crippen LogP contribution in [0.3, 0.4) is 0 Å². The highest BCUT2D eigenvalue weighted by molar-refractivity contribution is 7.98. The molecule has 0 saturated carbocycles. The number of non-ortho nitro benzene ring substituents is 1. The monoisotopic (exact) mass is 290 g/mol. The predicted molar refractivity (Wildman–Crippen MR) is 80.1 cm³/mol. The van der Waals surface area contributed by atoms with Crippen molar-refractivity contribution in [1.82, 2.24) is 0 Å². The molecule has 0 aromatic heterocycles. The topological polar surface area (TPSA) is 78.4 Å². The summed E-state index contributed by atoms with van der Waals surface area (Å²) >= 11 is 1.55. The van der Waals surface area contributed by atoms with Gasteiger partial charge in [-0.15, -0.1) is 11.8 Å². The molecule has 0 unspecified atom stereocenters. The van der Waals surface area contributed by atoms with Gasteiger partial charge in [0.1, 0.15) is 5.75 Å². The fourth-order valence-electron chi connectivity index (χ4n) is 1.72. The number of thioether (sulfide) groups is 1. The number of methoxy groups -OCH3 is 1. The molecular weight excluding hydrogens is 276 g/mol. The van der Waals surface area contributed by atoms with Gasteiger partial charge >= 0.3 is 0 Å². The van der Waals surface area contributed by atoms with Crippen LogP contribution in [0.2, 0.25) is 0 Å². The molecule has 0 aliphatic carbocycles. The molecule has 0 aliphatic heterocycles. The minimum atomic E-state index is -0.391. The van der Waals surface area contributed by atoms with E-state index in [1.807, 2.05) is 12.1 Å². The molecule has 2 N–H and O–H groups in total. The minimum absolute atomic E-state index is 0.104. The highest BCUT2D eigenvalue weighted by atomic mass is 32.2. The molecule has 0 radical (unpaired) electrons. The highest BCUT2D eigenvalue weighted by Gasteiger charge is 2.08. The summed E-state index contributed by atoms with van der Waals surface area (Å²) in [5, 5.41) is 10.7. The summed E-state index contributed by atoms with van der Waals surface area (Å²) in [6.45, 7) is 0. The van der Waals surface area contributed by atoms with Crippen LogP contribution in [0.25, 0.3) is 0 Å². The van der Waals surface area contributed by atoms with E-state index in [1.54, 1.807) is 43.1 Å². The number of anilines is 1. The molecule has 0 spiro atoms. The van der Waals surface area contributed by atoms with Crippen LogP contribution in [0.1, 0.15) is 5.56 Å². The number of nitro benzene ring substituents is 1. The van der Waals surface area contributed by atoms with Crippen LogP contribution in [-0.4, -0.2) is 12.0 Å². The Hall–Kier alpha value is -2.21. The van der Waals surface area contributed by atoms with E-state index in [1.165, 1.54) is 6.07 Å². The lowest BCUT2D eigenvalue weighted by molar-refractivity contribution is -0.384. The van der Waals surface area contributed by atoms with Crippen molar-refractivity contribution in [2.24, 2.45) is 0 Å². The summed E-state index contributed by atoms with van der Waals surface area (Å²) in [7, 11) is 1.59. The number of nitrogens with zero attached hydrogens (tertiary/aromatic N) is 1. The zero-order chi connectivity index (χ0) is 14.5. The minimum Gasteiger partial charge on any atom is -0.496 e. The van der Waals surface area contributed by atoms with E-state index in [4.69, 9.17) is 10.5 Å². The summed E-state index contributed by atoms with van der Waals surface area (Å²) in [5.74, 6) is 1.34. The number of nitro groups is 1. The Balaban J connectivity index is 2.12. The third kappa shape index (κ3) is 3.42. The quantitative estimate of drug-likeness (QED) is 0.395. The van der Waals surface area contributed by atoms with E-state index in [-0.39, 0.29) is 5.69 Å². The third-order valence-corrected chi connectivity index (χ3v) is 3.83. The molecule has 0 bridgehead atoms. The van der Waals surface area contributed by atoms with Crippen molar-refractivity contribution in [2.45, 2.75) is 10.6 Å². The molecule has 2 aromatic carbocycles. The van der Waals surface area contributed by atoms with Crippen LogP contribution in [0.4, 0.5) is 11.4 Å². The van der Waals surface area contributed by atoms with Crippen LogP contribution in [-0.2, 0) is 5.75 Å². The van der Waals surface area contributed by atoms with Crippen LogP contribution >= 0.6 is 11.8 Å². The molecular formula is C14H14N2O3S. The Morgan fingerprint density at radius 2 is 2.10 bits per heavy atom. The number of benzene rings is 2. The van der Waals surface area contributed by atoms with Crippen LogP contribution in [0.15, 0.2) is 47.4 Å². The molecule has 0 amide bonds. The second-order valence-corrected chi connectivity index (χ2v) is 5.14. The Morgan fingerprint density at radius 1 is 1.30 bits per heavy atom. The van der Waals surface area contributed by atoms with Crippen molar-refractivity contribution in [3.05, 3.63) is 58.1 Å². The van der Waals surface area contributed by atoms with Gasteiger partial charge in [0.2, 0.25) is 0 Å². The van der Waals surface area contributed by atoms with E-state index in [2.05, 4.69) is 0 Å². The lowest BCUT2D eigenvalue weighted by atomic mass is 10.2. The molecule has 104 valence electrons.